The number of hydrogen-bond donors (Lipinski definition) is 1. The lowest BCUT2D eigenvalue weighted by molar-refractivity contribution is 0.309. The minimum absolute atomic E-state index is 0.456. The summed E-state index contributed by atoms with van der Waals surface area (Å²) in [6, 6.07) is 5.94. The summed E-state index contributed by atoms with van der Waals surface area (Å²) in [5, 5.41) is 3.04. The number of hydrogen-bond acceptors (Lipinski definition) is 1. The van der Waals surface area contributed by atoms with Crippen molar-refractivity contribution in [1.82, 2.24) is 5.32 Å². The number of fused-ring (bicyclic) bond motifs is 1. The molecule has 2 rings (SSSR count). The predicted molar refractivity (Wildman–Crippen MR) is 46.7 cm³/mol. The molecule has 2 heteroatoms. The number of rotatable bonds is 0. The molecule has 0 bridgehead atoms. The fraction of sp³-hybridized carbons (Fsp3) is 0.400. The van der Waals surface area contributed by atoms with E-state index in [1.54, 1.807) is 0 Å². The zero-order valence-corrected chi connectivity index (χ0v) is 7.10. The van der Waals surface area contributed by atoms with Gasteiger partial charge in [0.15, 0.2) is 0 Å². The second kappa shape index (κ2) is 2.87. The summed E-state index contributed by atoms with van der Waals surface area (Å²) in [5.74, 6) is 0. The van der Waals surface area contributed by atoms with Gasteiger partial charge in [-0.15, -0.1) is 0 Å². The van der Waals surface area contributed by atoms with E-state index in [4.69, 9.17) is 0 Å². The van der Waals surface area contributed by atoms with E-state index in [2.05, 4.69) is 5.32 Å². The topological polar surface area (TPSA) is 12.0 Å². The first-order chi connectivity index (χ1) is 5.79. The molecule has 1 heterocycles. The second-order valence-corrected chi connectivity index (χ2v) is 3.25. The van der Waals surface area contributed by atoms with E-state index in [1.807, 2.05) is 25.1 Å². The maximum atomic E-state index is 13.4. The Morgan fingerprint density at radius 1 is 1.50 bits per heavy atom. The van der Waals surface area contributed by atoms with Crippen LogP contribution in [0.2, 0.25) is 0 Å². The minimum Gasteiger partial charge on any atom is -0.309 e. The van der Waals surface area contributed by atoms with Crippen molar-refractivity contribution >= 4 is 0 Å². The molecule has 1 aliphatic rings. The third kappa shape index (κ3) is 1.12. The Balaban J connectivity index is 2.53. The normalized spacial score (nSPS) is 22.0. The zero-order valence-electron chi connectivity index (χ0n) is 7.10. The third-order valence-corrected chi connectivity index (χ3v) is 2.37. The highest BCUT2D eigenvalue weighted by atomic mass is 19.1. The summed E-state index contributed by atoms with van der Waals surface area (Å²) in [7, 11) is 0. The molecule has 64 valence electrons. The molecule has 1 aromatic carbocycles. The maximum Gasteiger partial charge on any atom is 0.138 e. The van der Waals surface area contributed by atoms with Crippen LogP contribution in [0.1, 0.15) is 22.9 Å². The van der Waals surface area contributed by atoms with Gasteiger partial charge in [0.2, 0.25) is 0 Å². The monoisotopic (exact) mass is 165 g/mol. The lowest BCUT2D eigenvalue weighted by Crippen LogP contribution is -2.26. The SMILES string of the molecule is Cc1cccc2c1C(F)CNC2. The number of alkyl halides is 1. The number of aryl methyl sites for hydroxylation is 1. The molecule has 0 aromatic heterocycles. The fourth-order valence-electron chi connectivity index (χ4n) is 1.78. The highest BCUT2D eigenvalue weighted by Gasteiger charge is 2.19. The van der Waals surface area contributed by atoms with Gasteiger partial charge in [-0.1, -0.05) is 18.2 Å². The van der Waals surface area contributed by atoms with E-state index < -0.39 is 6.17 Å². The molecule has 0 saturated carbocycles. The molecule has 1 unspecified atom stereocenters. The van der Waals surface area contributed by atoms with Gasteiger partial charge < -0.3 is 5.32 Å². The molecule has 0 amide bonds. The van der Waals surface area contributed by atoms with Gasteiger partial charge in [0, 0.05) is 13.1 Å². The first-order valence-corrected chi connectivity index (χ1v) is 4.22. The molecule has 0 radical (unpaired) electrons. The van der Waals surface area contributed by atoms with Crippen LogP contribution in [0.5, 0.6) is 0 Å². The van der Waals surface area contributed by atoms with E-state index >= 15 is 0 Å². The number of halogens is 1. The van der Waals surface area contributed by atoms with Crippen LogP contribution >= 0.6 is 0 Å². The Morgan fingerprint density at radius 2 is 2.33 bits per heavy atom. The van der Waals surface area contributed by atoms with Crippen molar-refractivity contribution in [2.24, 2.45) is 0 Å². The summed E-state index contributed by atoms with van der Waals surface area (Å²) in [6.07, 6.45) is -0.824. The predicted octanol–water partition coefficient (Wildman–Crippen LogP) is 2.11. The van der Waals surface area contributed by atoms with Crippen LogP contribution in [-0.4, -0.2) is 6.54 Å². The van der Waals surface area contributed by atoms with Crippen molar-refractivity contribution in [3.05, 3.63) is 34.9 Å². The first kappa shape index (κ1) is 7.74. The molecule has 1 atom stereocenters. The van der Waals surface area contributed by atoms with Gasteiger partial charge in [-0.05, 0) is 23.6 Å². The van der Waals surface area contributed by atoms with Crippen molar-refractivity contribution in [2.75, 3.05) is 6.54 Å². The quantitative estimate of drug-likeness (QED) is 0.620. The Morgan fingerprint density at radius 3 is 3.08 bits per heavy atom. The summed E-state index contributed by atoms with van der Waals surface area (Å²) >= 11 is 0. The number of benzene rings is 1. The van der Waals surface area contributed by atoms with Crippen LogP contribution in [0.3, 0.4) is 0 Å². The summed E-state index contributed by atoms with van der Waals surface area (Å²) in [5.41, 5.74) is 3.08. The van der Waals surface area contributed by atoms with Crippen molar-refractivity contribution < 1.29 is 4.39 Å². The van der Waals surface area contributed by atoms with Crippen molar-refractivity contribution in [3.8, 4) is 0 Å². The van der Waals surface area contributed by atoms with Gasteiger partial charge in [0.05, 0.1) is 0 Å². The summed E-state index contributed by atoms with van der Waals surface area (Å²) in [6.45, 7) is 3.23. The van der Waals surface area contributed by atoms with Crippen LogP contribution in [0.25, 0.3) is 0 Å². The number of nitrogens with one attached hydrogen (secondary N) is 1. The Labute approximate surface area is 71.6 Å². The molecule has 12 heavy (non-hydrogen) atoms. The Hall–Kier alpha value is -0.890. The largest absolute Gasteiger partial charge is 0.309 e. The van der Waals surface area contributed by atoms with Crippen molar-refractivity contribution in [2.45, 2.75) is 19.6 Å². The molecule has 0 fully saturated rings. The zero-order chi connectivity index (χ0) is 8.55. The molecular formula is C10H12FN. The van der Waals surface area contributed by atoms with Gasteiger partial charge in [0.25, 0.3) is 0 Å². The van der Waals surface area contributed by atoms with Crippen LogP contribution in [0.15, 0.2) is 18.2 Å². The molecule has 1 aromatic rings. The molecule has 1 nitrogen and oxygen atoms in total. The van der Waals surface area contributed by atoms with Crippen molar-refractivity contribution in [3.63, 3.8) is 0 Å². The lowest BCUT2D eigenvalue weighted by atomic mass is 9.95. The van der Waals surface area contributed by atoms with Crippen LogP contribution < -0.4 is 5.32 Å². The molecule has 0 saturated heterocycles. The van der Waals surface area contributed by atoms with Crippen molar-refractivity contribution in [1.29, 1.82) is 0 Å². The average Bonchev–Trinajstić information content (AvgIpc) is 2.04. The third-order valence-electron chi connectivity index (χ3n) is 2.37. The summed E-state index contributed by atoms with van der Waals surface area (Å²) in [4.78, 5) is 0. The average molecular weight is 165 g/mol. The smallest absolute Gasteiger partial charge is 0.138 e. The van der Waals surface area contributed by atoms with E-state index in [-0.39, 0.29) is 0 Å². The van der Waals surface area contributed by atoms with Crippen LogP contribution in [0, 0.1) is 6.92 Å². The maximum absolute atomic E-state index is 13.4. The highest BCUT2D eigenvalue weighted by Crippen LogP contribution is 2.27. The molecular weight excluding hydrogens is 153 g/mol. The van der Waals surface area contributed by atoms with E-state index in [0.717, 1.165) is 23.2 Å². The highest BCUT2D eigenvalue weighted by molar-refractivity contribution is 5.37. The van der Waals surface area contributed by atoms with E-state index in [9.17, 15) is 4.39 Å². The van der Waals surface area contributed by atoms with Gasteiger partial charge >= 0.3 is 0 Å². The van der Waals surface area contributed by atoms with Gasteiger partial charge in [-0.2, -0.15) is 0 Å². The first-order valence-electron chi connectivity index (χ1n) is 4.22. The van der Waals surface area contributed by atoms with Gasteiger partial charge in [0.1, 0.15) is 6.17 Å². The molecule has 1 aliphatic heterocycles. The Kier molecular flexibility index (Phi) is 1.85. The second-order valence-electron chi connectivity index (χ2n) is 3.25. The standard InChI is InChI=1S/C10H12FN/c1-7-3-2-4-8-5-12-6-9(11)10(7)8/h2-4,9,12H,5-6H2,1H3. The van der Waals surface area contributed by atoms with Gasteiger partial charge in [-0.25, -0.2) is 4.39 Å². The Bertz CT molecular complexity index is 296. The van der Waals surface area contributed by atoms with Crippen LogP contribution in [-0.2, 0) is 6.54 Å². The molecule has 0 spiro atoms. The van der Waals surface area contributed by atoms with E-state index in [1.165, 1.54) is 0 Å². The summed E-state index contributed by atoms with van der Waals surface area (Å²) < 4.78 is 13.4. The minimum atomic E-state index is -0.824. The van der Waals surface area contributed by atoms with Gasteiger partial charge in [-0.3, -0.25) is 0 Å². The molecule has 1 N–H and O–H groups in total. The fourth-order valence-corrected chi connectivity index (χ4v) is 1.78. The molecule has 0 aliphatic carbocycles. The van der Waals surface area contributed by atoms with Crippen LogP contribution in [0.4, 0.5) is 4.39 Å². The lowest BCUT2D eigenvalue weighted by Gasteiger charge is -2.22. The van der Waals surface area contributed by atoms with E-state index in [0.29, 0.717) is 6.54 Å².